The average molecular weight is 360 g/mol. The summed E-state index contributed by atoms with van der Waals surface area (Å²) in [5, 5.41) is 4.60. The molecule has 3 heterocycles. The first-order valence-corrected chi connectivity index (χ1v) is 9.46. The summed E-state index contributed by atoms with van der Waals surface area (Å²) >= 11 is 1.73. The van der Waals surface area contributed by atoms with E-state index in [-0.39, 0.29) is 0 Å². The van der Waals surface area contributed by atoms with E-state index in [9.17, 15) is 0 Å². The van der Waals surface area contributed by atoms with Crippen LogP contribution in [0.2, 0.25) is 0 Å². The Bertz CT molecular complexity index is 1030. The van der Waals surface area contributed by atoms with Crippen molar-refractivity contribution in [3.05, 3.63) is 82.3 Å². The highest BCUT2D eigenvalue weighted by molar-refractivity contribution is 7.18. The number of aryl methyl sites for hydroxylation is 2. The van der Waals surface area contributed by atoms with Crippen LogP contribution in [0.3, 0.4) is 0 Å². The topological polar surface area (TPSA) is 50.7 Å². The Morgan fingerprint density at radius 3 is 2.54 bits per heavy atom. The van der Waals surface area contributed by atoms with Crippen molar-refractivity contribution in [2.75, 3.05) is 5.32 Å². The third-order valence-electron chi connectivity index (χ3n) is 4.44. The number of pyridine rings is 1. The zero-order valence-corrected chi connectivity index (χ0v) is 15.7. The summed E-state index contributed by atoms with van der Waals surface area (Å²) in [7, 11) is 0. The summed E-state index contributed by atoms with van der Waals surface area (Å²) in [4.78, 5) is 16.4. The molecule has 0 spiro atoms. The van der Waals surface area contributed by atoms with Gasteiger partial charge in [-0.25, -0.2) is 9.97 Å². The summed E-state index contributed by atoms with van der Waals surface area (Å²) in [6, 6.07) is 16.3. The quantitative estimate of drug-likeness (QED) is 0.550. The van der Waals surface area contributed by atoms with Crippen molar-refractivity contribution in [2.45, 2.75) is 26.8 Å². The van der Waals surface area contributed by atoms with Gasteiger partial charge in [0, 0.05) is 17.5 Å². The van der Waals surface area contributed by atoms with Crippen LogP contribution in [0.1, 0.15) is 27.5 Å². The van der Waals surface area contributed by atoms with E-state index in [0.717, 1.165) is 34.0 Å². The molecule has 0 aliphatic rings. The summed E-state index contributed by atoms with van der Waals surface area (Å²) in [6.07, 6.45) is 2.54. The molecule has 5 heteroatoms. The maximum absolute atomic E-state index is 4.84. The molecule has 0 unspecified atom stereocenters. The third-order valence-corrected chi connectivity index (χ3v) is 5.54. The number of anilines is 1. The number of rotatable bonds is 5. The third kappa shape index (κ3) is 3.44. The van der Waals surface area contributed by atoms with Crippen LogP contribution in [0.25, 0.3) is 10.2 Å². The number of thiophene rings is 1. The van der Waals surface area contributed by atoms with Crippen LogP contribution in [0.5, 0.6) is 0 Å². The molecule has 4 rings (SSSR count). The van der Waals surface area contributed by atoms with Crippen molar-refractivity contribution >= 4 is 27.4 Å². The fourth-order valence-electron chi connectivity index (χ4n) is 2.96. The van der Waals surface area contributed by atoms with Crippen molar-refractivity contribution in [2.24, 2.45) is 0 Å². The van der Waals surface area contributed by atoms with E-state index in [4.69, 9.17) is 9.97 Å². The Labute approximate surface area is 157 Å². The van der Waals surface area contributed by atoms with Gasteiger partial charge in [-0.2, -0.15) is 0 Å². The molecular weight excluding hydrogens is 340 g/mol. The van der Waals surface area contributed by atoms with Crippen LogP contribution < -0.4 is 5.32 Å². The predicted molar refractivity (Wildman–Crippen MR) is 108 cm³/mol. The van der Waals surface area contributed by atoms with Gasteiger partial charge < -0.3 is 5.32 Å². The normalized spacial score (nSPS) is 11.0. The van der Waals surface area contributed by atoms with Gasteiger partial charge in [0.25, 0.3) is 0 Å². The number of benzene rings is 1. The number of fused-ring (bicyclic) bond motifs is 1. The fourth-order valence-corrected chi connectivity index (χ4v) is 4.00. The first-order chi connectivity index (χ1) is 12.7. The van der Waals surface area contributed by atoms with E-state index in [1.165, 1.54) is 16.0 Å². The molecule has 4 aromatic rings. The minimum atomic E-state index is 0.645. The van der Waals surface area contributed by atoms with Gasteiger partial charge >= 0.3 is 0 Å². The summed E-state index contributed by atoms with van der Waals surface area (Å²) in [6.45, 7) is 4.92. The highest BCUT2D eigenvalue weighted by Crippen LogP contribution is 2.33. The van der Waals surface area contributed by atoms with Crippen LogP contribution in [-0.4, -0.2) is 15.0 Å². The highest BCUT2D eigenvalue weighted by atomic mass is 32.1. The van der Waals surface area contributed by atoms with Crippen molar-refractivity contribution in [3.63, 3.8) is 0 Å². The van der Waals surface area contributed by atoms with Crippen LogP contribution in [-0.2, 0) is 13.0 Å². The molecule has 26 heavy (non-hydrogen) atoms. The Morgan fingerprint density at radius 1 is 0.962 bits per heavy atom. The molecule has 0 saturated carbocycles. The first-order valence-electron chi connectivity index (χ1n) is 8.65. The minimum Gasteiger partial charge on any atom is -0.364 e. The molecule has 0 fully saturated rings. The van der Waals surface area contributed by atoms with Gasteiger partial charge in [-0.15, -0.1) is 11.3 Å². The fraction of sp³-hybridized carbons (Fsp3) is 0.190. The molecule has 0 atom stereocenters. The van der Waals surface area contributed by atoms with Crippen molar-refractivity contribution in [1.29, 1.82) is 0 Å². The molecule has 130 valence electrons. The van der Waals surface area contributed by atoms with Crippen LogP contribution in [0, 0.1) is 13.8 Å². The zero-order valence-electron chi connectivity index (χ0n) is 14.9. The Hall–Kier alpha value is -2.79. The Balaban J connectivity index is 1.71. The average Bonchev–Trinajstić information content (AvgIpc) is 2.95. The van der Waals surface area contributed by atoms with E-state index >= 15 is 0 Å². The number of nitrogens with zero attached hydrogens (tertiary/aromatic N) is 3. The maximum atomic E-state index is 4.84. The predicted octanol–water partition coefficient (Wildman–Crippen LogP) is 4.91. The molecule has 1 aromatic carbocycles. The Morgan fingerprint density at radius 2 is 1.77 bits per heavy atom. The van der Waals surface area contributed by atoms with E-state index in [2.05, 4.69) is 36.3 Å². The van der Waals surface area contributed by atoms with Gasteiger partial charge in [0.2, 0.25) is 0 Å². The van der Waals surface area contributed by atoms with E-state index < -0.39 is 0 Å². The maximum Gasteiger partial charge on any atom is 0.139 e. The van der Waals surface area contributed by atoms with Gasteiger partial charge in [0.1, 0.15) is 16.5 Å². The molecule has 4 nitrogen and oxygen atoms in total. The largest absolute Gasteiger partial charge is 0.364 e. The zero-order chi connectivity index (χ0) is 17.9. The summed E-state index contributed by atoms with van der Waals surface area (Å²) < 4.78 is 0. The van der Waals surface area contributed by atoms with E-state index in [1.807, 2.05) is 42.6 Å². The lowest BCUT2D eigenvalue weighted by Gasteiger charge is -2.10. The van der Waals surface area contributed by atoms with Crippen molar-refractivity contribution in [3.8, 4) is 0 Å². The molecule has 1 N–H and O–H groups in total. The first kappa shape index (κ1) is 16.7. The minimum absolute atomic E-state index is 0.645. The summed E-state index contributed by atoms with van der Waals surface area (Å²) in [5.74, 6) is 1.74. The number of nitrogens with one attached hydrogen (secondary N) is 1. The molecule has 0 radical (unpaired) electrons. The molecule has 0 saturated heterocycles. The van der Waals surface area contributed by atoms with E-state index in [1.54, 1.807) is 11.3 Å². The molecule has 0 aliphatic carbocycles. The second kappa shape index (κ2) is 7.22. The lowest BCUT2D eigenvalue weighted by Crippen LogP contribution is -2.06. The number of aromatic nitrogens is 3. The smallest absolute Gasteiger partial charge is 0.139 e. The SMILES string of the molecule is Cc1sc2nc(Cc3ccccc3)nc(NCc3ccccn3)c2c1C. The van der Waals surface area contributed by atoms with Crippen molar-refractivity contribution in [1.82, 2.24) is 15.0 Å². The molecular formula is C21H20N4S. The standard InChI is InChI=1S/C21H20N4S/c1-14-15(2)26-21-19(14)20(23-13-17-10-6-7-11-22-17)24-18(25-21)12-16-8-4-3-5-9-16/h3-11H,12-13H2,1-2H3,(H,23,24,25). The van der Waals surface area contributed by atoms with Gasteiger partial charge in [-0.3, -0.25) is 4.98 Å². The van der Waals surface area contributed by atoms with Crippen LogP contribution >= 0.6 is 11.3 Å². The second-order valence-corrected chi connectivity index (χ2v) is 7.49. The molecule has 0 aliphatic heterocycles. The lowest BCUT2D eigenvalue weighted by molar-refractivity contribution is 0.972. The molecule has 3 aromatic heterocycles. The number of hydrogen-bond acceptors (Lipinski definition) is 5. The van der Waals surface area contributed by atoms with Crippen LogP contribution in [0.4, 0.5) is 5.82 Å². The van der Waals surface area contributed by atoms with Gasteiger partial charge in [-0.1, -0.05) is 36.4 Å². The highest BCUT2D eigenvalue weighted by Gasteiger charge is 2.15. The second-order valence-electron chi connectivity index (χ2n) is 6.29. The van der Waals surface area contributed by atoms with E-state index in [0.29, 0.717) is 6.54 Å². The summed E-state index contributed by atoms with van der Waals surface area (Å²) in [5.41, 5.74) is 3.46. The van der Waals surface area contributed by atoms with Crippen molar-refractivity contribution < 1.29 is 0 Å². The van der Waals surface area contributed by atoms with Crippen LogP contribution in [0.15, 0.2) is 54.7 Å². The van der Waals surface area contributed by atoms with Gasteiger partial charge in [0.05, 0.1) is 17.6 Å². The van der Waals surface area contributed by atoms with Gasteiger partial charge in [0.15, 0.2) is 0 Å². The molecule has 0 amide bonds. The number of hydrogen-bond donors (Lipinski definition) is 1. The Kier molecular flexibility index (Phi) is 4.63. The van der Waals surface area contributed by atoms with Gasteiger partial charge in [-0.05, 0) is 37.1 Å². The molecule has 0 bridgehead atoms. The lowest BCUT2D eigenvalue weighted by atomic mass is 10.1. The monoisotopic (exact) mass is 360 g/mol.